The summed E-state index contributed by atoms with van der Waals surface area (Å²) in [5, 5.41) is 8.29. The number of hydrogen-bond donors (Lipinski definition) is 2. The number of anilines is 1. The van der Waals surface area contributed by atoms with E-state index < -0.39 is 0 Å². The van der Waals surface area contributed by atoms with Crippen LogP contribution >= 0.6 is 0 Å². The first-order valence-electron chi connectivity index (χ1n) is 9.72. The van der Waals surface area contributed by atoms with Gasteiger partial charge in [-0.15, -0.1) is 0 Å². The third-order valence-electron chi connectivity index (χ3n) is 5.50. The molecule has 142 valence electrons. The van der Waals surface area contributed by atoms with Crippen molar-refractivity contribution in [3.8, 4) is 0 Å². The number of rotatable bonds is 5. The van der Waals surface area contributed by atoms with Gasteiger partial charge in [0.25, 0.3) is 5.91 Å². The van der Waals surface area contributed by atoms with Gasteiger partial charge in [0.2, 0.25) is 5.91 Å². The van der Waals surface area contributed by atoms with Crippen LogP contribution in [0.3, 0.4) is 0 Å². The largest absolute Gasteiger partial charge is 0.345 e. The van der Waals surface area contributed by atoms with Crippen LogP contribution in [0.2, 0.25) is 0 Å². The van der Waals surface area contributed by atoms with Gasteiger partial charge in [-0.25, -0.2) is 0 Å². The third kappa shape index (κ3) is 3.77. The van der Waals surface area contributed by atoms with E-state index in [0.29, 0.717) is 11.5 Å². The molecule has 0 heterocycles. The molecule has 0 aliphatic heterocycles. The van der Waals surface area contributed by atoms with Crippen LogP contribution in [-0.4, -0.2) is 11.8 Å². The molecule has 4 rings (SSSR count). The van der Waals surface area contributed by atoms with E-state index in [0.717, 1.165) is 28.4 Å². The molecule has 1 aliphatic carbocycles. The fourth-order valence-electron chi connectivity index (χ4n) is 3.61. The molecule has 0 spiro atoms. The average Bonchev–Trinajstić information content (AvgIpc) is 3.45. The zero-order valence-corrected chi connectivity index (χ0v) is 16.1. The van der Waals surface area contributed by atoms with Crippen LogP contribution in [0.4, 0.5) is 5.69 Å². The minimum Gasteiger partial charge on any atom is -0.345 e. The van der Waals surface area contributed by atoms with Gasteiger partial charge >= 0.3 is 0 Å². The molecule has 0 saturated heterocycles. The highest BCUT2D eigenvalue weighted by molar-refractivity contribution is 5.97. The summed E-state index contributed by atoms with van der Waals surface area (Å²) in [5.41, 5.74) is 2.39. The number of fused-ring (bicyclic) bond motifs is 1. The number of carbonyl (C=O) groups excluding carboxylic acids is 2. The standard InChI is InChI=1S/C24H24N2O2/c1-15-14-22(15)24(28)26-19-12-10-18(11-13-19)23(27)25-16(2)20-9-5-7-17-6-3-4-8-21(17)20/h3-13,15-16,22H,14H2,1-2H3,(H,25,27)(H,26,28). The fraction of sp³-hybridized carbons (Fsp3) is 0.250. The summed E-state index contributed by atoms with van der Waals surface area (Å²) in [6.45, 7) is 4.07. The lowest BCUT2D eigenvalue weighted by atomic mass is 9.99. The van der Waals surface area contributed by atoms with Gasteiger partial charge in [0.15, 0.2) is 0 Å². The summed E-state index contributed by atoms with van der Waals surface area (Å²) < 4.78 is 0. The summed E-state index contributed by atoms with van der Waals surface area (Å²) in [6.07, 6.45) is 0.957. The number of hydrogen-bond acceptors (Lipinski definition) is 2. The average molecular weight is 372 g/mol. The van der Waals surface area contributed by atoms with Crippen molar-refractivity contribution < 1.29 is 9.59 Å². The molecule has 3 aromatic carbocycles. The van der Waals surface area contributed by atoms with Gasteiger partial charge < -0.3 is 10.6 Å². The van der Waals surface area contributed by atoms with Gasteiger partial charge in [0.05, 0.1) is 6.04 Å². The molecule has 1 aliphatic rings. The number of nitrogens with one attached hydrogen (secondary N) is 2. The quantitative estimate of drug-likeness (QED) is 0.667. The van der Waals surface area contributed by atoms with Crippen molar-refractivity contribution in [1.29, 1.82) is 0 Å². The maximum atomic E-state index is 12.7. The van der Waals surface area contributed by atoms with E-state index in [1.54, 1.807) is 24.3 Å². The van der Waals surface area contributed by atoms with Crippen LogP contribution in [0.25, 0.3) is 10.8 Å². The Morgan fingerprint density at radius 2 is 1.64 bits per heavy atom. The Labute approximate surface area is 165 Å². The summed E-state index contributed by atoms with van der Waals surface area (Å²) >= 11 is 0. The summed E-state index contributed by atoms with van der Waals surface area (Å²) in [4.78, 5) is 24.7. The molecule has 28 heavy (non-hydrogen) atoms. The molecule has 2 N–H and O–H groups in total. The van der Waals surface area contributed by atoms with Gasteiger partial charge in [-0.1, -0.05) is 49.4 Å². The molecule has 0 radical (unpaired) electrons. The summed E-state index contributed by atoms with van der Waals surface area (Å²) in [6, 6.07) is 21.2. The highest BCUT2D eigenvalue weighted by atomic mass is 16.2. The Kier molecular flexibility index (Phi) is 4.86. The lowest BCUT2D eigenvalue weighted by Gasteiger charge is -2.17. The highest BCUT2D eigenvalue weighted by Crippen LogP contribution is 2.38. The van der Waals surface area contributed by atoms with E-state index >= 15 is 0 Å². The van der Waals surface area contributed by atoms with Crippen molar-refractivity contribution in [2.45, 2.75) is 26.3 Å². The monoisotopic (exact) mass is 372 g/mol. The highest BCUT2D eigenvalue weighted by Gasteiger charge is 2.39. The van der Waals surface area contributed by atoms with E-state index in [-0.39, 0.29) is 23.8 Å². The van der Waals surface area contributed by atoms with E-state index in [9.17, 15) is 9.59 Å². The van der Waals surface area contributed by atoms with Crippen molar-refractivity contribution in [3.05, 3.63) is 77.9 Å². The van der Waals surface area contributed by atoms with Crippen molar-refractivity contribution in [3.63, 3.8) is 0 Å². The SMILES string of the molecule is CC(NC(=O)c1ccc(NC(=O)C2CC2C)cc1)c1cccc2ccccc12. The molecule has 1 saturated carbocycles. The van der Waals surface area contributed by atoms with Crippen LogP contribution in [-0.2, 0) is 4.79 Å². The Morgan fingerprint density at radius 3 is 2.36 bits per heavy atom. The Bertz CT molecular complexity index is 1020. The van der Waals surface area contributed by atoms with E-state index in [1.807, 2.05) is 31.2 Å². The van der Waals surface area contributed by atoms with Crippen LogP contribution in [0.15, 0.2) is 66.7 Å². The predicted molar refractivity (Wildman–Crippen MR) is 112 cm³/mol. The molecule has 4 heteroatoms. The molecule has 3 unspecified atom stereocenters. The molecule has 3 aromatic rings. The van der Waals surface area contributed by atoms with E-state index in [4.69, 9.17) is 0 Å². The zero-order valence-electron chi connectivity index (χ0n) is 16.1. The van der Waals surface area contributed by atoms with Crippen LogP contribution in [0, 0.1) is 11.8 Å². The fourth-order valence-corrected chi connectivity index (χ4v) is 3.61. The molecule has 4 nitrogen and oxygen atoms in total. The van der Waals surface area contributed by atoms with Crippen LogP contribution < -0.4 is 10.6 Å². The normalized spacial score (nSPS) is 19.1. The number of amides is 2. The maximum absolute atomic E-state index is 12.7. The number of benzene rings is 3. The molecule has 0 aromatic heterocycles. The topological polar surface area (TPSA) is 58.2 Å². The first-order valence-corrected chi connectivity index (χ1v) is 9.72. The van der Waals surface area contributed by atoms with E-state index in [1.165, 1.54) is 0 Å². The van der Waals surface area contributed by atoms with Crippen LogP contribution in [0.5, 0.6) is 0 Å². The van der Waals surface area contributed by atoms with Gasteiger partial charge in [-0.05, 0) is 59.9 Å². The Hall–Kier alpha value is -3.14. The third-order valence-corrected chi connectivity index (χ3v) is 5.50. The lowest BCUT2D eigenvalue weighted by Crippen LogP contribution is -2.26. The van der Waals surface area contributed by atoms with Crippen molar-refractivity contribution in [2.75, 3.05) is 5.32 Å². The van der Waals surface area contributed by atoms with Gasteiger partial charge in [-0.2, -0.15) is 0 Å². The Balaban J connectivity index is 1.43. The molecular formula is C24H24N2O2. The first-order chi connectivity index (χ1) is 13.5. The Morgan fingerprint density at radius 1 is 0.964 bits per heavy atom. The smallest absolute Gasteiger partial charge is 0.251 e. The molecule has 0 bridgehead atoms. The number of carbonyl (C=O) groups is 2. The maximum Gasteiger partial charge on any atom is 0.251 e. The molecular weight excluding hydrogens is 348 g/mol. The molecule has 3 atom stereocenters. The lowest BCUT2D eigenvalue weighted by molar-refractivity contribution is -0.117. The first kappa shape index (κ1) is 18.2. The van der Waals surface area contributed by atoms with Crippen molar-refractivity contribution in [1.82, 2.24) is 5.32 Å². The second kappa shape index (κ2) is 7.47. The minimum absolute atomic E-state index is 0.0641. The predicted octanol–water partition coefficient (Wildman–Crippen LogP) is 4.93. The van der Waals surface area contributed by atoms with Crippen LogP contribution in [0.1, 0.15) is 42.2 Å². The van der Waals surface area contributed by atoms with Gasteiger partial charge in [0.1, 0.15) is 0 Å². The van der Waals surface area contributed by atoms with Gasteiger partial charge in [-0.3, -0.25) is 9.59 Å². The second-order valence-electron chi connectivity index (χ2n) is 7.65. The van der Waals surface area contributed by atoms with Crippen molar-refractivity contribution in [2.24, 2.45) is 11.8 Å². The summed E-state index contributed by atoms with van der Waals surface area (Å²) in [5.74, 6) is 0.536. The van der Waals surface area contributed by atoms with Crippen molar-refractivity contribution >= 4 is 28.3 Å². The zero-order chi connectivity index (χ0) is 19.7. The molecule has 2 amide bonds. The summed E-state index contributed by atoms with van der Waals surface area (Å²) in [7, 11) is 0. The van der Waals surface area contributed by atoms with E-state index in [2.05, 4.69) is 35.8 Å². The molecule has 1 fully saturated rings. The van der Waals surface area contributed by atoms with Gasteiger partial charge in [0, 0.05) is 17.2 Å². The second-order valence-corrected chi connectivity index (χ2v) is 7.65. The minimum atomic E-state index is -0.130.